The third-order valence-electron chi connectivity index (χ3n) is 12.7. The van der Waals surface area contributed by atoms with E-state index in [-0.39, 0.29) is 0 Å². The zero-order chi connectivity index (χ0) is 34.3. The van der Waals surface area contributed by atoms with Gasteiger partial charge in [-0.05, 0) is 216 Å². The zero-order valence-electron chi connectivity index (χ0n) is 31.8. The van der Waals surface area contributed by atoms with Crippen molar-refractivity contribution in [2.24, 2.45) is 23.7 Å². The number of aryl methyl sites for hydroxylation is 8. The Bertz CT molecular complexity index is 1760. The minimum absolute atomic E-state index is 0.628. The number of rotatable bonds is 0. The van der Waals surface area contributed by atoms with Crippen molar-refractivity contribution in [3.05, 3.63) is 138 Å². The van der Waals surface area contributed by atoms with Gasteiger partial charge < -0.3 is 0 Å². The normalized spacial score (nSPS) is 25.1. The maximum Gasteiger partial charge on any atom is -0.0140 e. The fourth-order valence-electron chi connectivity index (χ4n) is 10.2. The molecule has 0 aliphatic heterocycles. The van der Waals surface area contributed by atoms with Gasteiger partial charge in [0, 0.05) is 0 Å². The first kappa shape index (κ1) is 32.9. The van der Waals surface area contributed by atoms with E-state index < -0.39 is 0 Å². The number of hydrogen-bond donors (Lipinski definition) is 0. The SMILES string of the molecule is Cc1ccc(C)c2c1C[C@H](C)/C2=C1\c2c(C)ccc(C)c2C[C@@H]1C.Cc1ccc(C)c2c1C[C@H](C)/C2=C1\c2c(C)ccc(C)c2C[C@@H]1C. The predicted molar refractivity (Wildman–Crippen MR) is 209 cm³/mol. The summed E-state index contributed by atoms with van der Waals surface area (Å²) in [5.74, 6) is 2.51. The van der Waals surface area contributed by atoms with E-state index in [1.165, 1.54) is 70.2 Å². The molecule has 0 fully saturated rings. The minimum Gasteiger partial charge on any atom is -0.0587 e. The van der Waals surface area contributed by atoms with Crippen molar-refractivity contribution in [2.45, 2.75) is 109 Å². The van der Waals surface area contributed by atoms with Gasteiger partial charge in [-0.15, -0.1) is 0 Å². The molecule has 0 amide bonds. The number of benzene rings is 4. The van der Waals surface area contributed by atoms with E-state index in [0.29, 0.717) is 23.7 Å². The molecule has 0 unspecified atom stereocenters. The molecule has 248 valence electrons. The molecule has 0 saturated carbocycles. The van der Waals surface area contributed by atoms with Crippen LogP contribution >= 0.6 is 0 Å². The van der Waals surface area contributed by atoms with Gasteiger partial charge >= 0.3 is 0 Å². The molecular weight excluding hydrogens is 577 g/mol. The summed E-state index contributed by atoms with van der Waals surface area (Å²) in [6.45, 7) is 28.0. The predicted octanol–water partition coefficient (Wildman–Crippen LogP) is 12.4. The molecule has 0 spiro atoms. The van der Waals surface area contributed by atoms with E-state index in [0.717, 1.165) is 0 Å². The van der Waals surface area contributed by atoms with Crippen molar-refractivity contribution < 1.29 is 0 Å². The molecular formula is C48H56. The Hall–Kier alpha value is -3.64. The first-order valence-electron chi connectivity index (χ1n) is 18.7. The Morgan fingerprint density at radius 2 is 0.458 bits per heavy atom. The third kappa shape index (κ3) is 5.00. The summed E-state index contributed by atoms with van der Waals surface area (Å²) in [6, 6.07) is 18.5. The first-order valence-corrected chi connectivity index (χ1v) is 18.7. The van der Waals surface area contributed by atoms with Gasteiger partial charge in [0.05, 0.1) is 0 Å². The smallest absolute Gasteiger partial charge is 0.0140 e. The molecule has 0 aromatic heterocycles. The van der Waals surface area contributed by atoms with E-state index in [4.69, 9.17) is 0 Å². The number of allylic oxidation sites excluding steroid dienone is 4. The molecule has 4 atom stereocenters. The molecule has 0 heterocycles. The highest BCUT2D eigenvalue weighted by atomic mass is 14.4. The van der Waals surface area contributed by atoms with Crippen LogP contribution in [0.15, 0.2) is 48.5 Å². The summed E-state index contributed by atoms with van der Waals surface area (Å²) in [4.78, 5) is 0. The van der Waals surface area contributed by atoms with Crippen LogP contribution in [0.3, 0.4) is 0 Å². The second kappa shape index (κ2) is 12.0. The quantitative estimate of drug-likeness (QED) is 0.181. The summed E-state index contributed by atoms with van der Waals surface area (Å²) in [5, 5.41) is 0. The summed E-state index contributed by atoms with van der Waals surface area (Å²) in [5.41, 5.74) is 30.9. The first-order chi connectivity index (χ1) is 22.8. The molecule has 48 heavy (non-hydrogen) atoms. The Labute approximate surface area is 291 Å². The largest absolute Gasteiger partial charge is 0.0587 e. The van der Waals surface area contributed by atoms with Crippen molar-refractivity contribution >= 4 is 22.3 Å². The van der Waals surface area contributed by atoms with Gasteiger partial charge in [0.1, 0.15) is 0 Å². The van der Waals surface area contributed by atoms with Crippen molar-refractivity contribution in [2.75, 3.05) is 0 Å². The van der Waals surface area contributed by atoms with Gasteiger partial charge in [0.15, 0.2) is 0 Å². The van der Waals surface area contributed by atoms with Gasteiger partial charge in [-0.1, -0.05) is 76.2 Å². The Kier molecular flexibility index (Phi) is 8.25. The molecule has 0 bridgehead atoms. The maximum absolute atomic E-state index is 2.43. The van der Waals surface area contributed by atoms with E-state index in [2.05, 4.69) is 132 Å². The van der Waals surface area contributed by atoms with Crippen LogP contribution in [-0.2, 0) is 25.7 Å². The van der Waals surface area contributed by atoms with E-state index in [1.54, 1.807) is 66.8 Å². The summed E-state index contributed by atoms with van der Waals surface area (Å²) in [7, 11) is 0. The topological polar surface area (TPSA) is 0 Å². The molecule has 4 aromatic carbocycles. The highest BCUT2D eigenvalue weighted by molar-refractivity contribution is 6.00. The summed E-state index contributed by atoms with van der Waals surface area (Å²) in [6.07, 6.45) is 4.81. The molecule has 4 aliphatic carbocycles. The average Bonchev–Trinajstić information content (AvgIpc) is 3.78. The molecule has 0 heteroatoms. The van der Waals surface area contributed by atoms with Gasteiger partial charge in [-0.25, -0.2) is 0 Å². The molecule has 0 N–H and O–H groups in total. The Morgan fingerprint density at radius 1 is 0.292 bits per heavy atom. The van der Waals surface area contributed by atoms with Crippen LogP contribution in [0.2, 0.25) is 0 Å². The zero-order valence-corrected chi connectivity index (χ0v) is 31.8. The van der Waals surface area contributed by atoms with E-state index in [1.807, 2.05) is 0 Å². The second-order valence-corrected chi connectivity index (χ2v) is 16.3. The van der Waals surface area contributed by atoms with Crippen LogP contribution in [0.4, 0.5) is 0 Å². The second-order valence-electron chi connectivity index (χ2n) is 16.3. The van der Waals surface area contributed by atoms with Gasteiger partial charge in [0.25, 0.3) is 0 Å². The van der Waals surface area contributed by atoms with Crippen LogP contribution in [-0.4, -0.2) is 0 Å². The van der Waals surface area contributed by atoms with Crippen LogP contribution in [0.5, 0.6) is 0 Å². The molecule has 8 rings (SSSR count). The van der Waals surface area contributed by atoms with E-state index >= 15 is 0 Å². The summed E-state index contributed by atoms with van der Waals surface area (Å²) < 4.78 is 0. The number of hydrogen-bond acceptors (Lipinski definition) is 0. The van der Waals surface area contributed by atoms with Crippen LogP contribution in [0, 0.1) is 79.1 Å². The standard InChI is InChI=1S/2C24H28/c2*1-13-7-9-15(3)21-19(13)11-17(5)23(21)24-18(6)12-20-14(2)8-10-16(4)22(20)24/h2*7-10,17-18H,11-12H2,1-6H3/b2*24-23+/t2*17-,18-/m00/s1. The molecule has 4 aliphatic rings. The Balaban J connectivity index is 0.000000152. The lowest BCUT2D eigenvalue weighted by Crippen LogP contribution is -2.01. The van der Waals surface area contributed by atoms with Gasteiger partial charge in [-0.2, -0.15) is 0 Å². The van der Waals surface area contributed by atoms with Gasteiger partial charge in [0.2, 0.25) is 0 Å². The number of fused-ring (bicyclic) bond motifs is 4. The van der Waals surface area contributed by atoms with Crippen LogP contribution < -0.4 is 0 Å². The highest BCUT2D eigenvalue weighted by Gasteiger charge is 2.37. The summed E-state index contributed by atoms with van der Waals surface area (Å²) >= 11 is 0. The monoisotopic (exact) mass is 632 g/mol. The van der Waals surface area contributed by atoms with Gasteiger partial charge in [-0.3, -0.25) is 0 Å². The fourth-order valence-corrected chi connectivity index (χ4v) is 10.2. The van der Waals surface area contributed by atoms with Crippen LogP contribution in [0.25, 0.3) is 22.3 Å². The molecule has 4 aromatic rings. The third-order valence-corrected chi connectivity index (χ3v) is 12.7. The molecule has 0 radical (unpaired) electrons. The average molecular weight is 633 g/mol. The highest BCUT2D eigenvalue weighted by Crippen LogP contribution is 2.53. The lowest BCUT2D eigenvalue weighted by Gasteiger charge is -2.19. The van der Waals surface area contributed by atoms with Crippen molar-refractivity contribution in [1.29, 1.82) is 0 Å². The van der Waals surface area contributed by atoms with E-state index in [9.17, 15) is 0 Å². The lowest BCUT2D eigenvalue weighted by molar-refractivity contribution is 0.751. The molecule has 0 saturated heterocycles. The maximum atomic E-state index is 2.43. The Morgan fingerprint density at radius 3 is 0.646 bits per heavy atom. The van der Waals surface area contributed by atoms with Crippen molar-refractivity contribution in [1.82, 2.24) is 0 Å². The minimum atomic E-state index is 0.628. The van der Waals surface area contributed by atoms with Crippen molar-refractivity contribution in [3.63, 3.8) is 0 Å². The molecule has 0 nitrogen and oxygen atoms in total. The van der Waals surface area contributed by atoms with Crippen LogP contribution in [0.1, 0.15) is 117 Å². The lowest BCUT2D eigenvalue weighted by atomic mass is 9.85. The van der Waals surface area contributed by atoms with Crippen molar-refractivity contribution in [3.8, 4) is 0 Å². The fraction of sp³-hybridized carbons (Fsp3) is 0.417.